The minimum Gasteiger partial charge on any atom is -0.444 e. The predicted molar refractivity (Wildman–Crippen MR) is 325 cm³/mol. The Morgan fingerprint density at radius 2 is 0.920 bits per heavy atom. The van der Waals surface area contributed by atoms with E-state index in [9.17, 15) is 19.6 Å². The van der Waals surface area contributed by atoms with Crippen LogP contribution in [0.3, 0.4) is 0 Å². The highest BCUT2D eigenvalue weighted by molar-refractivity contribution is 5.69. The van der Waals surface area contributed by atoms with Gasteiger partial charge in [-0.05, 0) is 122 Å². The molecular weight excluding hydrogens is 1110 g/mol. The third kappa shape index (κ3) is 16.3. The van der Waals surface area contributed by atoms with Gasteiger partial charge in [0.15, 0.2) is 17.5 Å². The first-order valence-corrected chi connectivity index (χ1v) is 28.7. The zero-order valence-corrected chi connectivity index (χ0v) is 49.6. The lowest BCUT2D eigenvalue weighted by Crippen LogP contribution is -2.39. The molecule has 26 nitrogen and oxygen atoms in total. The van der Waals surface area contributed by atoms with Crippen molar-refractivity contribution in [2.24, 2.45) is 0 Å². The van der Waals surface area contributed by atoms with Gasteiger partial charge >= 0.3 is 12.2 Å². The molecule has 3 saturated heterocycles. The summed E-state index contributed by atoms with van der Waals surface area (Å²) in [6.07, 6.45) is 17.6. The fraction of sp³-hybridized carbons (Fsp3) is 0.377. The molecule has 0 saturated carbocycles. The van der Waals surface area contributed by atoms with Crippen LogP contribution in [0.2, 0.25) is 0 Å². The molecule has 448 valence electrons. The molecule has 0 aromatic carbocycles. The lowest BCUT2D eigenvalue weighted by Gasteiger charge is -2.26. The van der Waals surface area contributed by atoms with Crippen LogP contribution in [0.15, 0.2) is 115 Å². The first-order valence-electron chi connectivity index (χ1n) is 28.7. The van der Waals surface area contributed by atoms with Crippen molar-refractivity contribution >= 4 is 40.8 Å². The van der Waals surface area contributed by atoms with Crippen molar-refractivity contribution in [3.05, 3.63) is 137 Å². The molecule has 3 aliphatic heterocycles. The quantitative estimate of drug-likeness (QED) is 0.160. The summed E-state index contributed by atoms with van der Waals surface area (Å²) in [5.41, 5.74) is 4.84. The first-order chi connectivity index (χ1) is 41.9. The van der Waals surface area contributed by atoms with Crippen LogP contribution in [0.25, 0.3) is 51.5 Å². The zero-order valence-electron chi connectivity index (χ0n) is 49.6. The van der Waals surface area contributed by atoms with Crippen LogP contribution in [0.1, 0.15) is 77.5 Å². The van der Waals surface area contributed by atoms with E-state index in [0.717, 1.165) is 112 Å². The molecule has 0 radical (unpaired) electrons. The molecule has 0 aliphatic carbocycles. The van der Waals surface area contributed by atoms with E-state index in [2.05, 4.69) is 73.5 Å². The van der Waals surface area contributed by atoms with E-state index in [1.807, 2.05) is 68.5 Å². The van der Waals surface area contributed by atoms with Crippen LogP contribution in [0.4, 0.5) is 21.2 Å². The second-order valence-electron chi connectivity index (χ2n) is 22.4. The number of aromatic nitrogens is 12. The highest BCUT2D eigenvalue weighted by atomic mass is 16.6. The summed E-state index contributed by atoms with van der Waals surface area (Å²) in [6.45, 7) is 21.2. The van der Waals surface area contributed by atoms with Crippen molar-refractivity contribution in [2.45, 2.75) is 72.0 Å². The topological polar surface area (TPSA) is 310 Å². The number of nitrogens with zero attached hydrogens (tertiary/aromatic N) is 18. The predicted octanol–water partition coefficient (Wildman–Crippen LogP) is 6.75. The van der Waals surface area contributed by atoms with E-state index >= 15 is 0 Å². The lowest BCUT2D eigenvalue weighted by molar-refractivity contribution is 0.0252. The highest BCUT2D eigenvalue weighted by Crippen LogP contribution is 2.24. The lowest BCUT2D eigenvalue weighted by atomic mass is 10.2. The Hall–Kier alpha value is -10.4. The summed E-state index contributed by atoms with van der Waals surface area (Å²) < 4.78 is 16.2. The van der Waals surface area contributed by atoms with Gasteiger partial charge < -0.3 is 44.7 Å². The average molecular weight is 1180 g/mol. The summed E-state index contributed by atoms with van der Waals surface area (Å²) in [5, 5.41) is 33.8. The van der Waals surface area contributed by atoms with Gasteiger partial charge in [0, 0.05) is 109 Å². The van der Waals surface area contributed by atoms with Gasteiger partial charge in [-0.15, -0.1) is 0 Å². The summed E-state index contributed by atoms with van der Waals surface area (Å²) in [4.78, 5) is 81.3. The molecule has 3 fully saturated rings. The number of amides is 2. The minimum absolute atomic E-state index is 0.193. The van der Waals surface area contributed by atoms with E-state index < -0.39 is 11.2 Å². The largest absolute Gasteiger partial charge is 0.444 e. The van der Waals surface area contributed by atoms with Gasteiger partial charge in [0.05, 0.1) is 35.3 Å². The third-order valence-electron chi connectivity index (χ3n) is 13.7. The summed E-state index contributed by atoms with van der Waals surface area (Å²) in [5.74, 6) is 3.29. The number of H-pyrrole nitrogens is 1. The molecule has 0 atom stereocenters. The maximum absolute atomic E-state index is 12.4. The normalized spacial score (nSPS) is 14.7. The number of imidazole rings is 3. The van der Waals surface area contributed by atoms with Gasteiger partial charge in [0.25, 0.3) is 5.56 Å². The average Bonchev–Trinajstić information content (AvgIpc) is 2.68. The van der Waals surface area contributed by atoms with Crippen molar-refractivity contribution in [1.82, 2.24) is 78.5 Å². The maximum atomic E-state index is 12.4. The van der Waals surface area contributed by atoms with Crippen molar-refractivity contribution in [3.8, 4) is 52.8 Å². The SMILES string of the molecule is CC(C)(C)OC(=O)N1CCCN(c2ccnc(-c3cnc4ccc(C#N)cn34)n2)CC1.CC(C)(C)OC(=O)N1CCCNCC1.N#Cc1ccc2ncc(-c3nccc(=O)[nH]3)n2c1.N#Cc1ccc2ncc(-c3nccc(N4CCCNCC4)n3)n2c1. The zero-order chi connectivity index (χ0) is 61.5. The van der Waals surface area contributed by atoms with Gasteiger partial charge in [-0.1, -0.05) is 0 Å². The Morgan fingerprint density at radius 1 is 0.483 bits per heavy atom. The Kier molecular flexibility index (Phi) is 19.7. The van der Waals surface area contributed by atoms with Crippen LogP contribution in [-0.2, 0) is 9.47 Å². The van der Waals surface area contributed by atoms with Crippen LogP contribution in [0, 0.1) is 34.0 Å². The van der Waals surface area contributed by atoms with Crippen LogP contribution in [0.5, 0.6) is 0 Å². The summed E-state index contributed by atoms with van der Waals surface area (Å²) >= 11 is 0. The molecule has 9 aromatic rings. The molecule has 87 heavy (non-hydrogen) atoms. The molecular formula is C61H69N21O5. The number of carbonyl (C=O) groups is 2. The molecule has 12 heterocycles. The first kappa shape index (κ1) is 61.2. The number of ether oxygens (including phenoxy) is 2. The van der Waals surface area contributed by atoms with Crippen LogP contribution in [-0.4, -0.2) is 170 Å². The van der Waals surface area contributed by atoms with E-state index in [1.54, 1.807) is 94.1 Å². The van der Waals surface area contributed by atoms with E-state index in [1.165, 1.54) is 12.3 Å². The van der Waals surface area contributed by atoms with Gasteiger partial charge in [0.1, 0.15) is 75.1 Å². The smallest absolute Gasteiger partial charge is 0.410 e. The van der Waals surface area contributed by atoms with Crippen LogP contribution < -0.4 is 26.0 Å². The summed E-state index contributed by atoms with van der Waals surface area (Å²) in [7, 11) is 0. The van der Waals surface area contributed by atoms with Gasteiger partial charge in [-0.2, -0.15) is 15.8 Å². The molecule has 3 aliphatic rings. The number of carbonyl (C=O) groups excluding carboxylic acids is 2. The van der Waals surface area contributed by atoms with E-state index in [-0.39, 0.29) is 17.7 Å². The van der Waals surface area contributed by atoms with Gasteiger partial charge in [-0.3, -0.25) is 18.0 Å². The van der Waals surface area contributed by atoms with E-state index in [0.29, 0.717) is 65.1 Å². The highest BCUT2D eigenvalue weighted by Gasteiger charge is 2.26. The number of nitriles is 3. The van der Waals surface area contributed by atoms with Crippen LogP contribution >= 0.6 is 0 Å². The van der Waals surface area contributed by atoms with Gasteiger partial charge in [0.2, 0.25) is 0 Å². The van der Waals surface area contributed by atoms with Gasteiger partial charge in [-0.25, -0.2) is 49.5 Å². The second-order valence-corrected chi connectivity index (χ2v) is 22.4. The number of fused-ring (bicyclic) bond motifs is 3. The Balaban J connectivity index is 0.000000144. The summed E-state index contributed by atoms with van der Waals surface area (Å²) in [6, 6.07) is 22.1. The Morgan fingerprint density at radius 3 is 1.43 bits per heavy atom. The number of aromatic amines is 1. The van der Waals surface area contributed by atoms with E-state index in [4.69, 9.17) is 30.0 Å². The fourth-order valence-electron chi connectivity index (χ4n) is 9.53. The van der Waals surface area contributed by atoms with Crippen molar-refractivity contribution in [2.75, 3.05) is 88.3 Å². The Labute approximate surface area is 502 Å². The molecule has 9 aromatic heterocycles. The Bertz CT molecular complexity index is 4030. The van der Waals surface area contributed by atoms with Crippen molar-refractivity contribution in [1.29, 1.82) is 15.8 Å². The fourth-order valence-corrected chi connectivity index (χ4v) is 9.53. The van der Waals surface area contributed by atoms with Crippen molar-refractivity contribution in [3.63, 3.8) is 0 Å². The number of nitrogens with one attached hydrogen (secondary N) is 3. The second kappa shape index (κ2) is 28.0. The molecule has 2 amide bonds. The molecule has 3 N–H and O–H groups in total. The number of anilines is 2. The number of pyridine rings is 3. The molecule has 0 unspecified atom stereocenters. The molecule has 26 heteroatoms. The molecule has 0 bridgehead atoms. The number of rotatable bonds is 5. The number of hydrogen-bond acceptors (Lipinski definition) is 20. The third-order valence-corrected chi connectivity index (χ3v) is 13.7. The maximum Gasteiger partial charge on any atom is 0.410 e. The minimum atomic E-state index is -0.510. The standard InChI is InChI=1S/C22H25N7O2.C17H17N7.C12H7N5O.C10H20N2O2/c1-22(2,3)31-21(30)28-10-4-9-27(11-12-28)19-7-8-24-20(26-19)17-14-25-18-6-5-16(13-23)15-29(17)18;18-10-13-2-3-15-21-11-14(24(15)12-13)17-20-6-4-16(22-17)23-8-1-5-19-7-9-23;13-5-8-1-2-10-15-6-9(17(10)7-8)12-14-4-3-11(18)16-12;1-10(2,3)14-9(13)12-7-4-5-11-6-8-12/h5-8,14-15H,4,9-12H2,1-3H3;2-4,6,11-12,19H,1,5,7-9H2;1-4,6-7H,(H,14,16,18);11H,4-8H2,1-3H3. The molecule has 12 rings (SSSR count). The molecule has 0 spiro atoms. The number of hydrogen-bond donors (Lipinski definition) is 3. The van der Waals surface area contributed by atoms with Crippen molar-refractivity contribution < 1.29 is 19.1 Å². The monoisotopic (exact) mass is 1180 g/mol.